The standard InChI is InChI=1S/C24H12F4NO4/c25-17-9-1-5-13-14-6-2-10-18(26)22(14)31-29(30-21(13)17)32-23-15(7-3-11-19(23)27)16-8-4-12-20(28)24(16)33-29/h1-12H/q+1. The minimum atomic E-state index is -1.91. The van der Waals surface area contributed by atoms with Gasteiger partial charge < -0.3 is 0 Å². The van der Waals surface area contributed by atoms with Crippen LogP contribution in [0.25, 0.3) is 22.3 Å². The molecule has 0 N–H and O–H groups in total. The van der Waals surface area contributed by atoms with Crippen LogP contribution in [0.5, 0.6) is 23.0 Å². The Morgan fingerprint density at radius 3 is 0.879 bits per heavy atom. The van der Waals surface area contributed by atoms with Crippen molar-refractivity contribution in [3.8, 4) is 45.3 Å². The largest absolute Gasteiger partial charge is 0.429 e. The van der Waals surface area contributed by atoms with Crippen molar-refractivity contribution in [2.75, 3.05) is 0 Å². The predicted octanol–water partition coefficient (Wildman–Crippen LogP) is 6.30. The van der Waals surface area contributed by atoms with Crippen molar-refractivity contribution in [2.24, 2.45) is 0 Å². The molecule has 0 atom stereocenters. The van der Waals surface area contributed by atoms with Gasteiger partial charge in [-0.05, 0) is 48.5 Å². The molecule has 2 aliphatic heterocycles. The quantitative estimate of drug-likeness (QED) is 0.231. The Morgan fingerprint density at radius 1 is 0.394 bits per heavy atom. The Morgan fingerprint density at radius 2 is 0.636 bits per heavy atom. The van der Waals surface area contributed by atoms with Crippen molar-refractivity contribution in [3.05, 3.63) is 96.1 Å². The van der Waals surface area contributed by atoms with Gasteiger partial charge in [-0.2, -0.15) is 19.4 Å². The van der Waals surface area contributed by atoms with Gasteiger partial charge in [-0.15, -0.1) is 0 Å². The van der Waals surface area contributed by atoms with Crippen molar-refractivity contribution in [1.29, 1.82) is 0 Å². The molecule has 0 saturated carbocycles. The number of rotatable bonds is 0. The highest BCUT2D eigenvalue weighted by Gasteiger charge is 2.53. The Labute approximate surface area is 183 Å². The summed E-state index contributed by atoms with van der Waals surface area (Å²) in [6.07, 6.45) is 0. The van der Waals surface area contributed by atoms with E-state index >= 15 is 0 Å². The molecule has 0 saturated heterocycles. The average Bonchev–Trinajstić information content (AvgIpc) is 3.03. The summed E-state index contributed by atoms with van der Waals surface area (Å²) in [5.41, 5.74) is 0.494. The lowest BCUT2D eigenvalue weighted by Crippen LogP contribution is -2.58. The first-order valence-electron chi connectivity index (χ1n) is 9.78. The summed E-state index contributed by atoms with van der Waals surface area (Å²) in [6, 6.07) is 15.9. The molecule has 0 fully saturated rings. The van der Waals surface area contributed by atoms with E-state index < -0.39 is 51.4 Å². The molecule has 5 nitrogen and oxygen atoms in total. The van der Waals surface area contributed by atoms with Crippen LogP contribution in [0.15, 0.2) is 72.8 Å². The Bertz CT molecular complexity index is 1220. The molecular formula is C24H12F4NO4+. The minimum absolute atomic E-state index is 0.124. The maximum atomic E-state index is 14.9. The molecule has 4 aromatic carbocycles. The zero-order valence-corrected chi connectivity index (χ0v) is 16.5. The summed E-state index contributed by atoms with van der Waals surface area (Å²) in [5, 5.41) is -1.91. The fraction of sp³-hybridized carbons (Fsp3) is 0. The first-order valence-corrected chi connectivity index (χ1v) is 9.78. The van der Waals surface area contributed by atoms with E-state index in [1.165, 1.54) is 48.5 Å². The number of hydrogen-bond acceptors (Lipinski definition) is 4. The third-order valence-electron chi connectivity index (χ3n) is 5.26. The Hall–Kier alpha value is -4.24. The van der Waals surface area contributed by atoms with E-state index in [1.54, 1.807) is 0 Å². The molecule has 2 heterocycles. The van der Waals surface area contributed by atoms with Crippen molar-refractivity contribution in [2.45, 2.75) is 0 Å². The normalized spacial score (nSPS) is 14.7. The molecule has 0 bridgehead atoms. The van der Waals surface area contributed by atoms with Gasteiger partial charge in [0, 0.05) is 22.3 Å². The van der Waals surface area contributed by atoms with Crippen LogP contribution in [-0.2, 0) is 0 Å². The fourth-order valence-electron chi connectivity index (χ4n) is 3.81. The van der Waals surface area contributed by atoms with Crippen LogP contribution in [0, 0.1) is 23.3 Å². The van der Waals surface area contributed by atoms with Gasteiger partial charge in [0.2, 0.25) is 0 Å². The molecule has 1 spiro atoms. The van der Waals surface area contributed by atoms with Crippen LogP contribution < -0.4 is 19.4 Å². The van der Waals surface area contributed by atoms with E-state index in [0.717, 1.165) is 24.3 Å². The van der Waals surface area contributed by atoms with E-state index in [9.17, 15) is 17.6 Å². The molecule has 0 radical (unpaired) electrons. The number of para-hydroxylation sites is 4. The predicted molar refractivity (Wildman–Crippen MR) is 106 cm³/mol. The summed E-state index contributed by atoms with van der Waals surface area (Å²) in [4.78, 5) is 22.6. The second-order valence-electron chi connectivity index (χ2n) is 7.28. The third kappa shape index (κ3) is 2.90. The van der Waals surface area contributed by atoms with Crippen molar-refractivity contribution in [1.82, 2.24) is 0 Å². The number of benzene rings is 4. The van der Waals surface area contributed by atoms with Crippen LogP contribution in [0.4, 0.5) is 17.6 Å². The van der Waals surface area contributed by atoms with Gasteiger partial charge in [0.25, 0.3) is 23.0 Å². The van der Waals surface area contributed by atoms with E-state index in [0.29, 0.717) is 0 Å². The fourth-order valence-corrected chi connectivity index (χ4v) is 3.81. The minimum Gasteiger partial charge on any atom is -0.203 e. The molecule has 6 rings (SSSR count). The number of fused-ring (bicyclic) bond motifs is 6. The van der Waals surface area contributed by atoms with Crippen LogP contribution in [0.3, 0.4) is 0 Å². The number of quaternary nitrogens is 1. The van der Waals surface area contributed by atoms with E-state index in [2.05, 4.69) is 0 Å². The van der Waals surface area contributed by atoms with Crippen LogP contribution in [0.1, 0.15) is 0 Å². The molecular weight excluding hydrogens is 442 g/mol. The molecule has 4 aromatic rings. The summed E-state index contributed by atoms with van der Waals surface area (Å²) >= 11 is 0. The van der Waals surface area contributed by atoms with Gasteiger partial charge in [0.15, 0.2) is 23.3 Å². The zero-order valence-electron chi connectivity index (χ0n) is 16.5. The topological polar surface area (TPSA) is 36.9 Å². The Kier molecular flexibility index (Phi) is 4.05. The number of halogens is 4. The van der Waals surface area contributed by atoms with Gasteiger partial charge >= 0.3 is 5.14 Å². The van der Waals surface area contributed by atoms with Crippen molar-refractivity contribution >= 4 is 0 Å². The molecule has 0 unspecified atom stereocenters. The summed E-state index contributed by atoms with van der Waals surface area (Å²) in [6.45, 7) is 0. The van der Waals surface area contributed by atoms with E-state index in [4.69, 9.17) is 19.4 Å². The monoisotopic (exact) mass is 454 g/mol. The highest BCUT2D eigenvalue weighted by Crippen LogP contribution is 2.49. The third-order valence-corrected chi connectivity index (χ3v) is 5.26. The molecule has 9 heteroatoms. The highest BCUT2D eigenvalue weighted by molar-refractivity contribution is 5.77. The maximum Gasteiger partial charge on any atom is 0.429 e. The number of nitrogens with zero attached hydrogens (tertiary/aromatic N) is 1. The number of hydrogen-bond donors (Lipinski definition) is 0. The average molecular weight is 454 g/mol. The van der Waals surface area contributed by atoms with Crippen LogP contribution in [-0.4, -0.2) is 5.14 Å². The van der Waals surface area contributed by atoms with Crippen molar-refractivity contribution in [3.63, 3.8) is 0 Å². The van der Waals surface area contributed by atoms with Crippen molar-refractivity contribution < 1.29 is 42.0 Å². The zero-order chi connectivity index (χ0) is 22.7. The second-order valence-corrected chi connectivity index (χ2v) is 7.28. The van der Waals surface area contributed by atoms with E-state index in [1.807, 2.05) is 0 Å². The first kappa shape index (κ1) is 19.4. The lowest BCUT2D eigenvalue weighted by Gasteiger charge is -2.23. The van der Waals surface area contributed by atoms with Gasteiger partial charge in [-0.3, -0.25) is 0 Å². The molecule has 164 valence electrons. The van der Waals surface area contributed by atoms with Gasteiger partial charge in [-0.25, -0.2) is 17.6 Å². The molecule has 0 aromatic heterocycles. The first-order chi connectivity index (χ1) is 16.0. The van der Waals surface area contributed by atoms with Crippen LogP contribution >= 0.6 is 0 Å². The lowest BCUT2D eigenvalue weighted by molar-refractivity contribution is -1.41. The maximum absolute atomic E-state index is 14.9. The van der Waals surface area contributed by atoms with Crippen LogP contribution in [0.2, 0.25) is 0 Å². The van der Waals surface area contributed by atoms with E-state index in [-0.39, 0.29) is 22.3 Å². The molecule has 0 amide bonds. The smallest absolute Gasteiger partial charge is 0.203 e. The second kappa shape index (κ2) is 6.88. The molecule has 2 aliphatic rings. The lowest BCUT2D eigenvalue weighted by atomic mass is 10.0. The SMILES string of the molecule is Fc1cccc2c1O[N+]1(Oc3c(F)cccc3-2)Oc2c(F)cccc2-c2cccc(F)c2O1. The Balaban J connectivity index is 1.67. The molecule has 33 heavy (non-hydrogen) atoms. The highest BCUT2D eigenvalue weighted by atomic mass is 19.1. The summed E-state index contributed by atoms with van der Waals surface area (Å²) in [5.74, 6) is -5.15. The van der Waals surface area contributed by atoms with Gasteiger partial charge in [-0.1, -0.05) is 24.3 Å². The van der Waals surface area contributed by atoms with Gasteiger partial charge in [0.05, 0.1) is 0 Å². The molecule has 0 aliphatic carbocycles. The van der Waals surface area contributed by atoms with Gasteiger partial charge in [0.1, 0.15) is 0 Å². The summed E-state index contributed by atoms with van der Waals surface area (Å²) in [7, 11) is 0. The summed E-state index contributed by atoms with van der Waals surface area (Å²) < 4.78 is 59.6.